The number of unbranched alkanes of at least 4 members (excludes halogenated alkanes) is 28. The summed E-state index contributed by atoms with van der Waals surface area (Å²) in [6.07, 6.45) is 101. The van der Waals surface area contributed by atoms with E-state index in [1.807, 2.05) is 21.1 Å². The van der Waals surface area contributed by atoms with Crippen LogP contribution in [0.4, 0.5) is 0 Å². The van der Waals surface area contributed by atoms with Crippen LogP contribution in [0.1, 0.15) is 296 Å². The summed E-state index contributed by atoms with van der Waals surface area (Å²) in [6, 6.07) is 0. The van der Waals surface area contributed by atoms with Gasteiger partial charge in [0.25, 0.3) is 6.29 Å². The minimum atomic E-state index is -1.52. The molecule has 0 saturated heterocycles. The number of carboxylic acids is 1. The molecule has 2 atom stereocenters. The van der Waals surface area contributed by atoms with Crippen molar-refractivity contribution < 1.29 is 42.9 Å². The lowest BCUT2D eigenvalue weighted by atomic mass is 10.0. The summed E-state index contributed by atoms with van der Waals surface area (Å²) in [5, 5.41) is 9.76. The number of carbonyl (C=O) groups is 3. The van der Waals surface area contributed by atoms with Gasteiger partial charge in [-0.05, 0) is 116 Å². The second-order valence-electron chi connectivity index (χ2n) is 25.5. The van der Waals surface area contributed by atoms with Crippen molar-refractivity contribution in [2.75, 3.05) is 47.5 Å². The predicted molar refractivity (Wildman–Crippen MR) is 391 cm³/mol. The molecule has 0 aromatic carbocycles. The van der Waals surface area contributed by atoms with Crippen LogP contribution < -0.4 is 0 Å². The van der Waals surface area contributed by atoms with Gasteiger partial charge in [-0.2, -0.15) is 0 Å². The van der Waals surface area contributed by atoms with Crippen molar-refractivity contribution in [1.29, 1.82) is 0 Å². The Hall–Kier alpha value is -4.83. The number of rotatable bonds is 67. The average Bonchev–Trinajstić information content (AvgIpc) is 3.63. The first-order valence-corrected chi connectivity index (χ1v) is 37.0. The minimum Gasteiger partial charge on any atom is -0.477 e. The molecule has 0 aromatic heterocycles. The molecule has 2 unspecified atom stereocenters. The molecule has 9 nitrogen and oxygen atoms in total. The molecule has 0 aliphatic carbocycles. The molecule has 0 bridgehead atoms. The molecule has 9 heteroatoms. The fourth-order valence-corrected chi connectivity index (χ4v) is 10.0. The molecule has 0 radical (unpaired) electrons. The number of nitrogens with zero attached hydrogens (tertiary/aromatic N) is 1. The molecule has 0 spiro atoms. The molecule has 0 aliphatic heterocycles. The van der Waals surface area contributed by atoms with Crippen LogP contribution in [0.25, 0.3) is 0 Å². The highest BCUT2D eigenvalue weighted by Gasteiger charge is 2.25. The summed E-state index contributed by atoms with van der Waals surface area (Å²) in [5.74, 6) is -2.01. The molecule has 0 rings (SSSR count). The molecule has 0 heterocycles. The van der Waals surface area contributed by atoms with Crippen LogP contribution in [0.15, 0.2) is 146 Å². The van der Waals surface area contributed by atoms with Crippen molar-refractivity contribution in [3.8, 4) is 0 Å². The standard InChI is InChI=1S/C82H137NO8/c1-6-8-10-12-14-16-18-20-22-24-26-28-30-32-34-36-38-40-42-44-46-48-50-52-54-56-58-60-62-64-66-68-70-72-79(84)89-76-78(77-90-82(81(86)87)88-75-74-83(3,4)5)91-80(85)73-71-69-67-65-63-61-59-57-55-53-51-49-47-45-43-41-39-37-35-33-31-29-27-25-23-21-19-17-15-13-11-9-7-2/h8-11,14-17,20-23,26-29,32-35,38-41,78,82H,6-7,12-13,18-19,24-25,30-31,36-37,42-77H2,1-5H3/p+1/b10-8-,11-9-,16-14-,17-15-,22-20-,23-21-,28-26-,29-27-,34-32-,35-33-,40-38-,41-39-. The molecule has 518 valence electrons. The first kappa shape index (κ1) is 86.2. The van der Waals surface area contributed by atoms with E-state index in [2.05, 4.69) is 160 Å². The lowest BCUT2D eigenvalue weighted by Crippen LogP contribution is -2.40. The maximum Gasteiger partial charge on any atom is 0.361 e. The van der Waals surface area contributed by atoms with Gasteiger partial charge < -0.3 is 28.5 Å². The van der Waals surface area contributed by atoms with Gasteiger partial charge in [0.15, 0.2) is 6.10 Å². The van der Waals surface area contributed by atoms with Crippen LogP contribution in [0.5, 0.6) is 0 Å². The Bertz CT molecular complexity index is 2010. The van der Waals surface area contributed by atoms with Crippen molar-refractivity contribution in [2.24, 2.45) is 0 Å². The molecule has 0 aromatic rings. The van der Waals surface area contributed by atoms with Gasteiger partial charge in [0.2, 0.25) is 0 Å². The number of carbonyl (C=O) groups excluding carboxylic acids is 2. The van der Waals surface area contributed by atoms with Crippen LogP contribution in [0.2, 0.25) is 0 Å². The summed E-state index contributed by atoms with van der Waals surface area (Å²) >= 11 is 0. The van der Waals surface area contributed by atoms with Crippen LogP contribution >= 0.6 is 0 Å². The van der Waals surface area contributed by atoms with E-state index in [1.165, 1.54) is 148 Å². The molecular formula is C82H138NO8+. The van der Waals surface area contributed by atoms with E-state index in [9.17, 15) is 19.5 Å². The number of hydrogen-bond acceptors (Lipinski definition) is 7. The van der Waals surface area contributed by atoms with Gasteiger partial charge in [-0.25, -0.2) is 4.79 Å². The number of likely N-dealkylation sites (N-methyl/N-ethyl adjacent to an activating group) is 1. The Morgan fingerprint density at radius 2 is 0.593 bits per heavy atom. The van der Waals surface area contributed by atoms with Crippen LogP contribution in [0.3, 0.4) is 0 Å². The second kappa shape index (κ2) is 71.0. The number of allylic oxidation sites excluding steroid dienone is 24. The fourth-order valence-electron chi connectivity index (χ4n) is 10.0. The van der Waals surface area contributed by atoms with Crippen molar-refractivity contribution in [1.82, 2.24) is 0 Å². The average molecular weight is 1270 g/mol. The lowest BCUT2D eigenvalue weighted by Gasteiger charge is -2.25. The zero-order valence-electron chi connectivity index (χ0n) is 59.2. The Labute approximate surface area is 560 Å². The highest BCUT2D eigenvalue weighted by atomic mass is 16.7. The van der Waals surface area contributed by atoms with Gasteiger partial charge in [-0.1, -0.05) is 314 Å². The van der Waals surface area contributed by atoms with Gasteiger partial charge in [-0.15, -0.1) is 0 Å². The molecule has 0 amide bonds. The summed E-state index contributed by atoms with van der Waals surface area (Å²) in [4.78, 5) is 37.7. The first-order chi connectivity index (χ1) is 44.6. The number of aliphatic carboxylic acids is 1. The van der Waals surface area contributed by atoms with Crippen LogP contribution in [-0.4, -0.2) is 87.4 Å². The monoisotopic (exact) mass is 1270 g/mol. The quantitative estimate of drug-likeness (QED) is 0.0211. The third-order valence-electron chi connectivity index (χ3n) is 15.6. The Morgan fingerprint density at radius 3 is 0.879 bits per heavy atom. The van der Waals surface area contributed by atoms with E-state index < -0.39 is 24.3 Å². The third kappa shape index (κ3) is 72.5. The Morgan fingerprint density at radius 1 is 0.330 bits per heavy atom. The first-order valence-electron chi connectivity index (χ1n) is 37.0. The molecule has 91 heavy (non-hydrogen) atoms. The van der Waals surface area contributed by atoms with E-state index in [1.54, 1.807) is 0 Å². The zero-order valence-corrected chi connectivity index (χ0v) is 59.2. The normalized spacial score (nSPS) is 13.5. The van der Waals surface area contributed by atoms with Crippen LogP contribution in [0, 0.1) is 0 Å². The number of hydrogen-bond donors (Lipinski definition) is 1. The van der Waals surface area contributed by atoms with Crippen molar-refractivity contribution in [3.63, 3.8) is 0 Å². The van der Waals surface area contributed by atoms with Crippen molar-refractivity contribution in [3.05, 3.63) is 146 Å². The largest absolute Gasteiger partial charge is 0.477 e. The molecule has 0 saturated carbocycles. The van der Waals surface area contributed by atoms with Crippen LogP contribution in [-0.2, 0) is 33.3 Å². The highest BCUT2D eigenvalue weighted by molar-refractivity contribution is 5.71. The van der Waals surface area contributed by atoms with Gasteiger partial charge in [0.1, 0.15) is 13.2 Å². The molecule has 1 N–H and O–H groups in total. The lowest BCUT2D eigenvalue weighted by molar-refractivity contribution is -0.870. The van der Waals surface area contributed by atoms with E-state index in [-0.39, 0.29) is 32.2 Å². The maximum absolute atomic E-state index is 13.0. The molecule has 0 aliphatic rings. The van der Waals surface area contributed by atoms with E-state index in [4.69, 9.17) is 18.9 Å². The number of quaternary nitrogens is 1. The maximum atomic E-state index is 13.0. The topological polar surface area (TPSA) is 108 Å². The third-order valence-corrected chi connectivity index (χ3v) is 15.6. The van der Waals surface area contributed by atoms with E-state index in [0.717, 1.165) is 116 Å². The number of carboxylic acid groups (broad SMARTS) is 1. The van der Waals surface area contributed by atoms with Gasteiger partial charge >= 0.3 is 17.9 Å². The molecular weight excluding hydrogens is 1130 g/mol. The van der Waals surface area contributed by atoms with Gasteiger partial charge in [-0.3, -0.25) is 9.59 Å². The second-order valence-corrected chi connectivity index (χ2v) is 25.5. The summed E-state index contributed by atoms with van der Waals surface area (Å²) < 4.78 is 23.0. The molecule has 0 fully saturated rings. The number of ether oxygens (including phenoxy) is 4. The number of esters is 2. The predicted octanol–water partition coefficient (Wildman–Crippen LogP) is 23.5. The summed E-state index contributed by atoms with van der Waals surface area (Å²) in [5.41, 5.74) is 0. The summed E-state index contributed by atoms with van der Waals surface area (Å²) in [6.45, 7) is 4.66. The van der Waals surface area contributed by atoms with Gasteiger partial charge in [0, 0.05) is 12.8 Å². The van der Waals surface area contributed by atoms with Crippen molar-refractivity contribution >= 4 is 17.9 Å². The minimum absolute atomic E-state index is 0.182. The fraction of sp³-hybridized carbons (Fsp3) is 0.671. The smallest absolute Gasteiger partial charge is 0.361 e. The Kier molecular flexibility index (Phi) is 67.3. The SMILES string of the molecule is CC/C=C\C/C=C\C/C=C\C/C=C\C/C=C\C/C=C\CCCCCCCCCCCCCCCCC(=O)OCC(COC(OCC[N+](C)(C)C)C(=O)O)OC(=O)CCCCCCCCCCCCCCCC/C=C\C/C=C\C/C=C\C/C=C\C/C=C\C/C=C\CC. The van der Waals surface area contributed by atoms with E-state index >= 15 is 0 Å². The summed E-state index contributed by atoms with van der Waals surface area (Å²) in [7, 11) is 5.98. The van der Waals surface area contributed by atoms with E-state index in [0.29, 0.717) is 23.9 Å². The highest BCUT2D eigenvalue weighted by Crippen LogP contribution is 2.17. The zero-order chi connectivity index (χ0) is 66.1. The van der Waals surface area contributed by atoms with Crippen molar-refractivity contribution in [2.45, 2.75) is 309 Å². The van der Waals surface area contributed by atoms with Gasteiger partial charge in [0.05, 0.1) is 34.4 Å². The Balaban J connectivity index is 4.11.